The molecule has 0 spiro atoms. The summed E-state index contributed by atoms with van der Waals surface area (Å²) in [5.41, 5.74) is -1.79. The summed E-state index contributed by atoms with van der Waals surface area (Å²) >= 11 is 0. The van der Waals surface area contributed by atoms with Crippen LogP contribution in [0.2, 0.25) is 0 Å². The summed E-state index contributed by atoms with van der Waals surface area (Å²) in [6.45, 7) is 5.65. The highest BCUT2D eigenvalue weighted by atomic mass is 16.6. The summed E-state index contributed by atoms with van der Waals surface area (Å²) in [7, 11) is 0. The molecule has 0 aromatic heterocycles. The standard InChI is InChI=1S/C24H22N2O8/c1-12-10-25(11-13(2)33-12)23(29)14(3)34-24(30)18-9-8-17-19(20(18)26(31)32)22(28)16-7-5-4-6-15(16)21(17)27/h4-9,12-14H,10-11H2,1-3H3. The normalized spacial score (nSPS) is 20.3. The Hall–Kier alpha value is -3.92. The van der Waals surface area contributed by atoms with Crippen LogP contribution in [0.1, 0.15) is 63.0 Å². The number of rotatable bonds is 4. The predicted octanol–water partition coefficient (Wildman–Crippen LogP) is 2.55. The van der Waals surface area contributed by atoms with Crippen LogP contribution < -0.4 is 0 Å². The van der Waals surface area contributed by atoms with Crippen molar-refractivity contribution in [1.29, 1.82) is 0 Å². The third-order valence-corrected chi connectivity index (χ3v) is 5.83. The number of nitro benzene ring substituents is 1. The second-order valence-electron chi connectivity index (χ2n) is 8.39. The fourth-order valence-electron chi connectivity index (χ4n) is 4.41. The van der Waals surface area contributed by atoms with Crippen molar-refractivity contribution in [2.75, 3.05) is 13.1 Å². The molecule has 34 heavy (non-hydrogen) atoms. The van der Waals surface area contributed by atoms with Gasteiger partial charge in [0.1, 0.15) is 11.1 Å². The molecule has 0 radical (unpaired) electrons. The number of nitrogens with zero attached hydrogens (tertiary/aromatic N) is 2. The van der Waals surface area contributed by atoms with Gasteiger partial charge in [0.2, 0.25) is 5.78 Å². The van der Waals surface area contributed by atoms with Crippen LogP contribution in [0.15, 0.2) is 36.4 Å². The number of hydrogen-bond acceptors (Lipinski definition) is 8. The largest absolute Gasteiger partial charge is 0.449 e. The number of carbonyl (C=O) groups excluding carboxylic acids is 4. The maximum atomic E-state index is 13.1. The highest BCUT2D eigenvalue weighted by Crippen LogP contribution is 2.36. The molecule has 3 atom stereocenters. The average Bonchev–Trinajstić information content (AvgIpc) is 2.80. The van der Waals surface area contributed by atoms with Gasteiger partial charge in [-0.2, -0.15) is 0 Å². The number of morpholine rings is 1. The van der Waals surface area contributed by atoms with E-state index < -0.39 is 51.3 Å². The second kappa shape index (κ2) is 8.79. The number of benzene rings is 2. The number of hydrogen-bond donors (Lipinski definition) is 0. The van der Waals surface area contributed by atoms with E-state index in [4.69, 9.17) is 9.47 Å². The third kappa shape index (κ3) is 3.96. The second-order valence-corrected chi connectivity index (χ2v) is 8.39. The van der Waals surface area contributed by atoms with Gasteiger partial charge in [-0.05, 0) is 32.9 Å². The van der Waals surface area contributed by atoms with Gasteiger partial charge < -0.3 is 14.4 Å². The Kier molecular flexibility index (Phi) is 6.01. The molecule has 1 heterocycles. The summed E-state index contributed by atoms with van der Waals surface area (Å²) in [5.74, 6) is -2.88. The van der Waals surface area contributed by atoms with Gasteiger partial charge in [0.15, 0.2) is 11.9 Å². The Bertz CT molecular complexity index is 1230. The van der Waals surface area contributed by atoms with Crippen molar-refractivity contribution in [3.05, 3.63) is 74.3 Å². The fourth-order valence-corrected chi connectivity index (χ4v) is 4.41. The highest BCUT2D eigenvalue weighted by Gasteiger charge is 2.40. The van der Waals surface area contributed by atoms with E-state index >= 15 is 0 Å². The zero-order valence-corrected chi connectivity index (χ0v) is 18.8. The van der Waals surface area contributed by atoms with Gasteiger partial charge in [-0.3, -0.25) is 24.5 Å². The molecular formula is C24H22N2O8. The number of ether oxygens (including phenoxy) is 2. The molecule has 1 fully saturated rings. The van der Waals surface area contributed by atoms with Gasteiger partial charge in [0, 0.05) is 29.8 Å². The van der Waals surface area contributed by atoms with Crippen molar-refractivity contribution in [2.24, 2.45) is 0 Å². The Labute approximate surface area is 194 Å². The first-order valence-corrected chi connectivity index (χ1v) is 10.7. The first kappa shape index (κ1) is 23.2. The Morgan fingerprint density at radius 3 is 2.21 bits per heavy atom. The first-order chi connectivity index (χ1) is 16.1. The van der Waals surface area contributed by atoms with E-state index in [0.29, 0.717) is 13.1 Å². The number of ketones is 2. The van der Waals surface area contributed by atoms with Gasteiger partial charge in [-0.1, -0.05) is 24.3 Å². The zero-order chi connectivity index (χ0) is 24.7. The fraction of sp³-hybridized carbons (Fsp3) is 0.333. The minimum Gasteiger partial charge on any atom is -0.449 e. The van der Waals surface area contributed by atoms with E-state index in [1.165, 1.54) is 30.0 Å². The monoisotopic (exact) mass is 466 g/mol. The molecule has 1 aliphatic carbocycles. The number of carbonyl (C=O) groups is 4. The van der Waals surface area contributed by atoms with Crippen LogP contribution >= 0.6 is 0 Å². The summed E-state index contributed by atoms with van der Waals surface area (Å²) in [6, 6.07) is 8.27. The first-order valence-electron chi connectivity index (χ1n) is 10.7. The van der Waals surface area contributed by atoms with Crippen molar-refractivity contribution in [1.82, 2.24) is 4.90 Å². The molecule has 0 N–H and O–H groups in total. The molecule has 1 amide bonds. The predicted molar refractivity (Wildman–Crippen MR) is 118 cm³/mol. The summed E-state index contributed by atoms with van der Waals surface area (Å²) in [6.07, 6.45) is -1.61. The van der Waals surface area contributed by atoms with Crippen molar-refractivity contribution < 1.29 is 33.6 Å². The SMILES string of the molecule is CC1CN(C(=O)C(C)OC(=O)c2ccc3c(c2[N+](=O)[O-])C(=O)c2ccccc2C3=O)CC(C)O1. The van der Waals surface area contributed by atoms with Crippen LogP contribution in [0.25, 0.3) is 0 Å². The number of nitro groups is 1. The van der Waals surface area contributed by atoms with Crippen LogP contribution in [-0.4, -0.2) is 64.7 Å². The Morgan fingerprint density at radius 2 is 1.62 bits per heavy atom. The lowest BCUT2D eigenvalue weighted by atomic mass is 9.82. The lowest BCUT2D eigenvalue weighted by molar-refractivity contribution is -0.385. The third-order valence-electron chi connectivity index (χ3n) is 5.83. The van der Waals surface area contributed by atoms with Crippen molar-refractivity contribution in [2.45, 2.75) is 39.1 Å². The molecular weight excluding hydrogens is 444 g/mol. The molecule has 10 heteroatoms. The topological polar surface area (TPSA) is 133 Å². The Morgan fingerprint density at radius 1 is 1.03 bits per heavy atom. The number of esters is 1. The summed E-state index contributed by atoms with van der Waals surface area (Å²) in [5, 5.41) is 11.9. The Balaban J connectivity index is 1.65. The van der Waals surface area contributed by atoms with Crippen LogP contribution in [0.3, 0.4) is 0 Å². The van der Waals surface area contributed by atoms with Crippen molar-refractivity contribution >= 4 is 29.1 Å². The van der Waals surface area contributed by atoms with Gasteiger partial charge in [0.25, 0.3) is 11.6 Å². The lowest BCUT2D eigenvalue weighted by Gasteiger charge is -2.36. The molecule has 0 bridgehead atoms. The molecule has 2 aliphatic rings. The molecule has 4 rings (SSSR count). The highest BCUT2D eigenvalue weighted by molar-refractivity contribution is 6.30. The van der Waals surface area contributed by atoms with E-state index in [1.54, 1.807) is 12.1 Å². The zero-order valence-electron chi connectivity index (χ0n) is 18.8. The van der Waals surface area contributed by atoms with Crippen LogP contribution in [-0.2, 0) is 14.3 Å². The van der Waals surface area contributed by atoms with Crippen LogP contribution in [0.5, 0.6) is 0 Å². The molecule has 10 nitrogen and oxygen atoms in total. The lowest BCUT2D eigenvalue weighted by Crippen LogP contribution is -2.51. The maximum absolute atomic E-state index is 13.1. The average molecular weight is 466 g/mol. The van der Waals surface area contributed by atoms with Gasteiger partial charge in [0.05, 0.1) is 17.1 Å². The minimum absolute atomic E-state index is 0.0210. The quantitative estimate of drug-likeness (QED) is 0.325. The number of fused-ring (bicyclic) bond motifs is 2. The van der Waals surface area contributed by atoms with E-state index in [2.05, 4.69) is 0 Å². The maximum Gasteiger partial charge on any atom is 0.345 e. The molecule has 1 saturated heterocycles. The molecule has 0 saturated carbocycles. The number of amides is 1. The van der Waals surface area contributed by atoms with E-state index in [9.17, 15) is 29.3 Å². The van der Waals surface area contributed by atoms with E-state index in [-0.39, 0.29) is 28.9 Å². The van der Waals surface area contributed by atoms with Crippen LogP contribution in [0.4, 0.5) is 5.69 Å². The minimum atomic E-state index is -1.22. The van der Waals surface area contributed by atoms with Gasteiger partial charge >= 0.3 is 5.97 Å². The molecule has 3 unspecified atom stereocenters. The molecule has 1 aliphatic heterocycles. The molecule has 2 aromatic carbocycles. The summed E-state index contributed by atoms with van der Waals surface area (Å²) in [4.78, 5) is 64.2. The molecule has 2 aromatic rings. The van der Waals surface area contributed by atoms with Crippen LogP contribution in [0, 0.1) is 10.1 Å². The van der Waals surface area contributed by atoms with Crippen molar-refractivity contribution in [3.8, 4) is 0 Å². The van der Waals surface area contributed by atoms with E-state index in [1.807, 2.05) is 13.8 Å². The summed E-state index contributed by atoms with van der Waals surface area (Å²) < 4.78 is 10.9. The smallest absolute Gasteiger partial charge is 0.345 e. The van der Waals surface area contributed by atoms with Crippen molar-refractivity contribution in [3.63, 3.8) is 0 Å². The van der Waals surface area contributed by atoms with Gasteiger partial charge in [-0.25, -0.2) is 4.79 Å². The molecule has 176 valence electrons. The van der Waals surface area contributed by atoms with E-state index in [0.717, 1.165) is 6.07 Å². The van der Waals surface area contributed by atoms with Gasteiger partial charge in [-0.15, -0.1) is 0 Å².